The highest BCUT2D eigenvalue weighted by Crippen LogP contribution is 2.27. The van der Waals surface area contributed by atoms with E-state index in [1.807, 2.05) is 0 Å². The molecule has 0 atom stereocenters. The number of anilines is 1. The maximum absolute atomic E-state index is 13.1. The molecule has 1 aromatic heterocycles. The monoisotopic (exact) mass is 492 g/mol. The number of halogens is 1. The van der Waals surface area contributed by atoms with Gasteiger partial charge >= 0.3 is 0 Å². The number of carbonyl (C=O) groups is 2. The number of amides is 2. The van der Waals surface area contributed by atoms with E-state index in [9.17, 15) is 14.4 Å². The van der Waals surface area contributed by atoms with Gasteiger partial charge in [-0.1, -0.05) is 29.8 Å². The van der Waals surface area contributed by atoms with Gasteiger partial charge in [0, 0.05) is 11.1 Å². The molecular weight excluding hydrogens is 472 g/mol. The van der Waals surface area contributed by atoms with Gasteiger partial charge in [0.1, 0.15) is 11.5 Å². The van der Waals surface area contributed by atoms with Crippen molar-refractivity contribution in [2.24, 2.45) is 0 Å². The second-order valence-corrected chi connectivity index (χ2v) is 7.80. The van der Waals surface area contributed by atoms with E-state index in [0.29, 0.717) is 38.7 Å². The summed E-state index contributed by atoms with van der Waals surface area (Å²) in [4.78, 5) is 38.5. The number of fused-ring (bicyclic) bond motifs is 1. The van der Waals surface area contributed by atoms with Crippen LogP contribution in [0, 0.1) is 0 Å². The molecule has 0 spiro atoms. The van der Waals surface area contributed by atoms with Crippen molar-refractivity contribution in [2.75, 3.05) is 26.1 Å². The van der Waals surface area contributed by atoms with Crippen LogP contribution in [0.25, 0.3) is 16.5 Å². The minimum Gasteiger partial charge on any atom is -0.497 e. The maximum atomic E-state index is 13.1. The average Bonchev–Trinajstić information content (AvgIpc) is 2.88. The lowest BCUT2D eigenvalue weighted by Crippen LogP contribution is -2.35. The van der Waals surface area contributed by atoms with Crippen LogP contribution in [-0.2, 0) is 4.79 Å². The van der Waals surface area contributed by atoms with Crippen molar-refractivity contribution in [2.45, 2.75) is 0 Å². The molecule has 0 bridgehead atoms. The third-order valence-corrected chi connectivity index (χ3v) is 5.48. The molecular formula is C25H21ClN4O5. The topological polar surface area (TPSA) is 112 Å². The van der Waals surface area contributed by atoms with Gasteiger partial charge in [-0.15, -0.1) is 0 Å². The number of hydrogen-bond acceptors (Lipinski definition) is 6. The number of nitrogens with zero attached hydrogens (tertiary/aromatic N) is 2. The van der Waals surface area contributed by atoms with Crippen LogP contribution in [0.15, 0.2) is 71.5 Å². The summed E-state index contributed by atoms with van der Waals surface area (Å²) in [6, 6.07) is 18.2. The van der Waals surface area contributed by atoms with Crippen molar-refractivity contribution in [1.29, 1.82) is 0 Å². The van der Waals surface area contributed by atoms with Crippen molar-refractivity contribution >= 4 is 39.9 Å². The highest BCUT2D eigenvalue weighted by Gasteiger charge is 2.18. The van der Waals surface area contributed by atoms with Crippen molar-refractivity contribution in [3.63, 3.8) is 0 Å². The first-order valence-corrected chi connectivity index (χ1v) is 10.9. The summed E-state index contributed by atoms with van der Waals surface area (Å²) < 4.78 is 11.4. The number of methoxy groups -OCH3 is 2. The summed E-state index contributed by atoms with van der Waals surface area (Å²) in [5, 5.41) is 10.6. The van der Waals surface area contributed by atoms with Crippen LogP contribution in [0.5, 0.6) is 11.5 Å². The van der Waals surface area contributed by atoms with Crippen molar-refractivity contribution in [3.05, 3.63) is 87.8 Å². The molecule has 1 heterocycles. The number of benzene rings is 3. The summed E-state index contributed by atoms with van der Waals surface area (Å²) in [5.74, 6) is 0.0198. The quantitative estimate of drug-likeness (QED) is 0.409. The molecule has 0 unspecified atom stereocenters. The number of carbonyl (C=O) groups excluding carboxylic acids is 2. The van der Waals surface area contributed by atoms with E-state index in [2.05, 4.69) is 15.7 Å². The zero-order chi connectivity index (χ0) is 24.9. The van der Waals surface area contributed by atoms with Crippen molar-refractivity contribution in [1.82, 2.24) is 15.1 Å². The van der Waals surface area contributed by atoms with Crippen LogP contribution in [0.2, 0.25) is 5.02 Å². The van der Waals surface area contributed by atoms with Gasteiger partial charge in [0.25, 0.3) is 11.5 Å². The Kier molecular flexibility index (Phi) is 6.98. The Labute approximate surface area is 205 Å². The SMILES string of the molecule is COc1ccc(-n2nc(C(=O)NCC(=O)Nc3ccc(OC)c(Cl)c3)c3ccccc3c2=O)cc1. The third kappa shape index (κ3) is 5.10. The van der Waals surface area contributed by atoms with E-state index in [0.717, 1.165) is 4.68 Å². The molecule has 0 saturated heterocycles. The lowest BCUT2D eigenvalue weighted by Gasteiger charge is -2.12. The van der Waals surface area contributed by atoms with E-state index in [1.54, 1.807) is 66.7 Å². The van der Waals surface area contributed by atoms with Gasteiger partial charge < -0.3 is 20.1 Å². The summed E-state index contributed by atoms with van der Waals surface area (Å²) >= 11 is 6.08. The summed E-state index contributed by atoms with van der Waals surface area (Å²) in [6.07, 6.45) is 0. The highest BCUT2D eigenvalue weighted by molar-refractivity contribution is 6.32. The van der Waals surface area contributed by atoms with Gasteiger partial charge in [-0.2, -0.15) is 9.78 Å². The second-order valence-electron chi connectivity index (χ2n) is 7.39. The fourth-order valence-electron chi connectivity index (χ4n) is 3.45. The van der Waals surface area contributed by atoms with Gasteiger partial charge in [-0.3, -0.25) is 14.4 Å². The minimum absolute atomic E-state index is 0.0105. The first kappa shape index (κ1) is 23.8. The Hall–Kier alpha value is -4.37. The molecule has 0 aliphatic heterocycles. The minimum atomic E-state index is -0.605. The largest absolute Gasteiger partial charge is 0.497 e. The van der Waals surface area contributed by atoms with Crippen molar-refractivity contribution in [3.8, 4) is 17.2 Å². The van der Waals surface area contributed by atoms with E-state index in [4.69, 9.17) is 21.1 Å². The van der Waals surface area contributed by atoms with Crippen LogP contribution in [0.4, 0.5) is 5.69 Å². The molecule has 4 aromatic rings. The zero-order valence-electron chi connectivity index (χ0n) is 18.9. The molecule has 4 rings (SSSR count). The third-order valence-electron chi connectivity index (χ3n) is 5.18. The average molecular weight is 493 g/mol. The molecule has 0 saturated carbocycles. The lowest BCUT2D eigenvalue weighted by molar-refractivity contribution is -0.115. The van der Waals surface area contributed by atoms with Gasteiger partial charge in [0.15, 0.2) is 5.69 Å². The summed E-state index contributed by atoms with van der Waals surface area (Å²) in [7, 11) is 3.03. The fraction of sp³-hybridized carbons (Fsp3) is 0.120. The highest BCUT2D eigenvalue weighted by atomic mass is 35.5. The van der Waals surface area contributed by atoms with Gasteiger partial charge in [-0.05, 0) is 48.5 Å². The van der Waals surface area contributed by atoms with Crippen LogP contribution in [-0.4, -0.2) is 42.4 Å². The number of rotatable bonds is 7. The molecule has 3 aromatic carbocycles. The predicted molar refractivity (Wildman–Crippen MR) is 133 cm³/mol. The molecule has 0 aliphatic rings. The van der Waals surface area contributed by atoms with Crippen LogP contribution < -0.4 is 25.7 Å². The molecule has 0 radical (unpaired) electrons. The van der Waals surface area contributed by atoms with Crippen molar-refractivity contribution < 1.29 is 19.1 Å². The number of aromatic nitrogens is 2. The molecule has 2 amide bonds. The Balaban J connectivity index is 1.58. The predicted octanol–water partition coefficient (Wildman–Crippen LogP) is 3.42. The Morgan fingerprint density at radius 2 is 1.69 bits per heavy atom. The summed E-state index contributed by atoms with van der Waals surface area (Å²) in [6.45, 7) is -0.319. The van der Waals surface area contributed by atoms with Crippen LogP contribution >= 0.6 is 11.6 Å². The molecule has 0 fully saturated rings. The fourth-order valence-corrected chi connectivity index (χ4v) is 3.71. The molecule has 35 heavy (non-hydrogen) atoms. The van der Waals surface area contributed by atoms with E-state index >= 15 is 0 Å². The van der Waals surface area contributed by atoms with Gasteiger partial charge in [0.05, 0.1) is 36.9 Å². The maximum Gasteiger partial charge on any atom is 0.279 e. The molecule has 178 valence electrons. The number of hydrogen-bond donors (Lipinski definition) is 2. The number of ether oxygens (including phenoxy) is 2. The molecule has 0 aliphatic carbocycles. The van der Waals surface area contributed by atoms with E-state index in [-0.39, 0.29) is 17.8 Å². The lowest BCUT2D eigenvalue weighted by atomic mass is 10.1. The number of nitrogens with one attached hydrogen (secondary N) is 2. The Bertz CT molecular complexity index is 1470. The second kappa shape index (κ2) is 10.3. The Morgan fingerprint density at radius 1 is 0.971 bits per heavy atom. The van der Waals surface area contributed by atoms with Gasteiger partial charge in [-0.25, -0.2) is 0 Å². The zero-order valence-corrected chi connectivity index (χ0v) is 19.6. The Morgan fingerprint density at radius 3 is 2.34 bits per heavy atom. The smallest absolute Gasteiger partial charge is 0.279 e. The molecule has 9 nitrogen and oxygen atoms in total. The molecule has 2 N–H and O–H groups in total. The van der Waals surface area contributed by atoms with E-state index in [1.165, 1.54) is 14.2 Å². The summed E-state index contributed by atoms with van der Waals surface area (Å²) in [5.41, 5.74) is 0.546. The molecule has 10 heteroatoms. The normalized spacial score (nSPS) is 10.6. The van der Waals surface area contributed by atoms with E-state index < -0.39 is 11.8 Å². The first-order chi connectivity index (χ1) is 16.9. The van der Waals surface area contributed by atoms with Crippen LogP contribution in [0.3, 0.4) is 0 Å². The first-order valence-electron chi connectivity index (χ1n) is 10.5. The van der Waals surface area contributed by atoms with Gasteiger partial charge in [0.2, 0.25) is 5.91 Å². The van der Waals surface area contributed by atoms with Crippen LogP contribution in [0.1, 0.15) is 10.5 Å². The standard InChI is InChI=1S/C25H21ClN4O5/c1-34-17-10-8-16(9-11-17)30-25(33)19-6-4-3-5-18(19)23(29-30)24(32)27-14-22(31)28-15-7-12-21(35-2)20(26)13-15/h3-13H,14H2,1-2H3,(H,27,32)(H,28,31).